The molecule has 0 aliphatic rings. The maximum atomic E-state index is 12.0. The Hall–Kier alpha value is -0.860. The van der Waals surface area contributed by atoms with E-state index in [4.69, 9.17) is 4.52 Å². The van der Waals surface area contributed by atoms with Gasteiger partial charge >= 0.3 is 7.60 Å². The second-order valence-corrected chi connectivity index (χ2v) is 12.4. The van der Waals surface area contributed by atoms with Crippen LogP contribution in [0.15, 0.2) is 29.4 Å². The number of carbonyl (C=O) groups is 2. The van der Waals surface area contributed by atoms with Gasteiger partial charge < -0.3 is 14.7 Å². The van der Waals surface area contributed by atoms with E-state index in [0.29, 0.717) is 38.2 Å². The second kappa shape index (κ2) is 19.4. The van der Waals surface area contributed by atoms with Gasteiger partial charge in [0.15, 0.2) is 0 Å². The quantitative estimate of drug-likeness (QED) is 0.116. The average Bonchev–Trinajstić information content (AvgIpc) is 2.81. The Morgan fingerprint density at radius 1 is 1.03 bits per heavy atom. The SMILES string of the molecule is CCP(=O)(O)OCCCCCCCC(=O)CCCCCNC(=O)CCSSc1ccccn1. The summed E-state index contributed by atoms with van der Waals surface area (Å²) in [6.07, 6.45) is 11.0. The summed E-state index contributed by atoms with van der Waals surface area (Å²) in [6.45, 7) is 2.63. The summed E-state index contributed by atoms with van der Waals surface area (Å²) in [4.78, 5) is 37.3. The average molecular weight is 519 g/mol. The highest BCUT2D eigenvalue weighted by atomic mass is 33.1. The lowest BCUT2D eigenvalue weighted by Crippen LogP contribution is -2.24. The molecule has 1 atom stereocenters. The number of nitrogens with one attached hydrogen (secondary N) is 1. The van der Waals surface area contributed by atoms with E-state index < -0.39 is 7.60 Å². The summed E-state index contributed by atoms with van der Waals surface area (Å²) < 4.78 is 16.3. The molecule has 0 saturated carbocycles. The van der Waals surface area contributed by atoms with E-state index in [1.54, 1.807) is 34.7 Å². The Morgan fingerprint density at radius 3 is 2.42 bits per heavy atom. The normalized spacial score (nSPS) is 12.9. The highest BCUT2D eigenvalue weighted by Gasteiger charge is 2.14. The molecule has 1 rings (SSSR count). The van der Waals surface area contributed by atoms with Crippen LogP contribution < -0.4 is 5.32 Å². The van der Waals surface area contributed by atoms with Gasteiger partial charge in [0.2, 0.25) is 5.91 Å². The van der Waals surface area contributed by atoms with Gasteiger partial charge in [-0.3, -0.25) is 14.2 Å². The monoisotopic (exact) mass is 518 g/mol. The van der Waals surface area contributed by atoms with E-state index in [1.807, 2.05) is 18.2 Å². The van der Waals surface area contributed by atoms with Crippen molar-refractivity contribution < 1.29 is 23.6 Å². The Labute approximate surface area is 206 Å². The maximum Gasteiger partial charge on any atom is 0.327 e. The highest BCUT2D eigenvalue weighted by Crippen LogP contribution is 2.41. The summed E-state index contributed by atoms with van der Waals surface area (Å²) in [6, 6.07) is 5.78. The van der Waals surface area contributed by atoms with E-state index in [2.05, 4.69) is 10.3 Å². The number of carbonyl (C=O) groups excluding carboxylic acids is 2. The molecule has 0 aliphatic carbocycles. The fraction of sp³-hybridized carbons (Fsp3) is 0.696. The van der Waals surface area contributed by atoms with Crippen LogP contribution in [0, 0.1) is 0 Å². The minimum Gasteiger partial charge on any atom is -0.356 e. The predicted molar refractivity (Wildman–Crippen MR) is 138 cm³/mol. The van der Waals surface area contributed by atoms with Gasteiger partial charge in [-0.05, 0) is 48.6 Å². The van der Waals surface area contributed by atoms with Crippen LogP contribution in [0.25, 0.3) is 0 Å². The van der Waals surface area contributed by atoms with Gasteiger partial charge in [0.1, 0.15) is 10.8 Å². The minimum absolute atomic E-state index is 0.0718. The molecule has 0 fully saturated rings. The number of pyridine rings is 1. The number of hydrogen-bond donors (Lipinski definition) is 2. The number of aromatic nitrogens is 1. The van der Waals surface area contributed by atoms with E-state index >= 15 is 0 Å². The van der Waals surface area contributed by atoms with Gasteiger partial charge in [0, 0.05) is 43.9 Å². The number of nitrogens with zero attached hydrogens (tertiary/aromatic N) is 1. The molecular weight excluding hydrogens is 479 g/mol. The molecule has 1 amide bonds. The lowest BCUT2D eigenvalue weighted by Gasteiger charge is -2.09. The van der Waals surface area contributed by atoms with Crippen molar-refractivity contribution in [3.05, 3.63) is 24.4 Å². The van der Waals surface area contributed by atoms with Gasteiger partial charge in [0.25, 0.3) is 0 Å². The lowest BCUT2D eigenvalue weighted by atomic mass is 10.0. The zero-order chi connectivity index (χ0) is 24.2. The van der Waals surface area contributed by atoms with Crippen molar-refractivity contribution in [3.8, 4) is 0 Å². The third-order valence-corrected chi connectivity index (χ3v) is 8.59. The van der Waals surface area contributed by atoms with Crippen molar-refractivity contribution in [3.63, 3.8) is 0 Å². The molecule has 0 aliphatic heterocycles. The number of amides is 1. The zero-order valence-electron chi connectivity index (χ0n) is 19.7. The lowest BCUT2D eigenvalue weighted by molar-refractivity contribution is -0.121. The van der Waals surface area contributed by atoms with Crippen molar-refractivity contribution in [1.29, 1.82) is 0 Å². The van der Waals surface area contributed by atoms with E-state index in [0.717, 1.165) is 62.1 Å². The van der Waals surface area contributed by atoms with E-state index in [9.17, 15) is 19.0 Å². The van der Waals surface area contributed by atoms with E-state index in [-0.39, 0.29) is 12.1 Å². The molecule has 33 heavy (non-hydrogen) atoms. The molecule has 1 aromatic heterocycles. The first-order chi connectivity index (χ1) is 15.9. The van der Waals surface area contributed by atoms with Crippen molar-refractivity contribution in [2.45, 2.75) is 82.6 Å². The van der Waals surface area contributed by atoms with Crippen LogP contribution in [0.1, 0.15) is 77.6 Å². The predicted octanol–water partition coefficient (Wildman–Crippen LogP) is 6.02. The Morgan fingerprint density at radius 2 is 1.73 bits per heavy atom. The number of unbranched alkanes of at least 4 members (excludes halogenated alkanes) is 6. The Bertz CT molecular complexity index is 709. The van der Waals surface area contributed by atoms with Gasteiger partial charge in [0.05, 0.1) is 6.61 Å². The van der Waals surface area contributed by atoms with Gasteiger partial charge in [-0.25, -0.2) is 4.98 Å². The Balaban J connectivity index is 1.84. The summed E-state index contributed by atoms with van der Waals surface area (Å²) in [7, 11) is -0.142. The molecule has 7 nitrogen and oxygen atoms in total. The standard InChI is InChI=1S/C23H39N2O5PS2/c1-2-31(28,29)30-19-12-5-3-4-7-13-21(26)14-8-6-10-17-24-22(27)16-20-32-33-23-15-9-11-18-25-23/h9,11,15,18H,2-8,10,12-14,16-17,19-20H2,1H3,(H,24,27)(H,28,29). The van der Waals surface area contributed by atoms with Crippen molar-refractivity contribution in [2.75, 3.05) is 25.1 Å². The smallest absolute Gasteiger partial charge is 0.327 e. The molecular formula is C23H39N2O5PS2. The number of hydrogen-bond acceptors (Lipinski definition) is 7. The number of ketones is 1. The van der Waals surface area contributed by atoms with Crippen molar-refractivity contribution >= 4 is 40.9 Å². The number of rotatable bonds is 21. The first kappa shape index (κ1) is 30.2. The molecule has 188 valence electrons. The van der Waals surface area contributed by atoms with Gasteiger partial charge in [-0.1, -0.05) is 49.5 Å². The van der Waals surface area contributed by atoms with Crippen LogP contribution in [0.5, 0.6) is 0 Å². The van der Waals surface area contributed by atoms with Crippen LogP contribution in [-0.2, 0) is 18.7 Å². The maximum absolute atomic E-state index is 12.0. The first-order valence-electron chi connectivity index (χ1n) is 11.9. The van der Waals surface area contributed by atoms with Gasteiger partial charge in [-0.2, -0.15) is 0 Å². The minimum atomic E-state index is -3.36. The molecule has 2 N–H and O–H groups in total. The third-order valence-electron chi connectivity index (χ3n) is 4.94. The van der Waals surface area contributed by atoms with E-state index in [1.165, 1.54) is 0 Å². The summed E-state index contributed by atoms with van der Waals surface area (Å²) >= 11 is 0. The summed E-state index contributed by atoms with van der Waals surface area (Å²) in [5.74, 6) is 1.13. The molecule has 0 saturated heterocycles. The molecule has 0 spiro atoms. The largest absolute Gasteiger partial charge is 0.356 e. The molecule has 0 radical (unpaired) electrons. The third kappa shape index (κ3) is 18.2. The molecule has 1 unspecified atom stereocenters. The molecule has 0 aromatic carbocycles. The van der Waals surface area contributed by atoms with Crippen LogP contribution in [-0.4, -0.2) is 46.6 Å². The molecule has 10 heteroatoms. The fourth-order valence-electron chi connectivity index (χ4n) is 2.95. The van der Waals surface area contributed by atoms with Crippen LogP contribution in [0.3, 0.4) is 0 Å². The van der Waals surface area contributed by atoms with Crippen LogP contribution in [0.2, 0.25) is 0 Å². The molecule has 1 heterocycles. The van der Waals surface area contributed by atoms with Gasteiger partial charge in [-0.15, -0.1) is 0 Å². The first-order valence-corrected chi connectivity index (χ1v) is 16.0. The zero-order valence-corrected chi connectivity index (χ0v) is 22.2. The second-order valence-electron chi connectivity index (χ2n) is 7.83. The summed E-state index contributed by atoms with van der Waals surface area (Å²) in [5.41, 5.74) is 0. The summed E-state index contributed by atoms with van der Waals surface area (Å²) in [5, 5.41) is 3.89. The molecule has 1 aromatic rings. The molecule has 0 bridgehead atoms. The highest BCUT2D eigenvalue weighted by molar-refractivity contribution is 8.76. The fourth-order valence-corrected chi connectivity index (χ4v) is 5.42. The van der Waals surface area contributed by atoms with Crippen molar-refractivity contribution in [2.24, 2.45) is 0 Å². The number of Topliss-reactive ketones (excluding diaryl/α,β-unsaturated/α-hetero) is 1. The topological polar surface area (TPSA) is 106 Å². The van der Waals surface area contributed by atoms with Crippen LogP contribution in [0.4, 0.5) is 0 Å². The Kier molecular flexibility index (Phi) is 17.8. The van der Waals surface area contributed by atoms with Crippen LogP contribution >= 0.6 is 29.2 Å². The van der Waals surface area contributed by atoms with Crippen molar-refractivity contribution in [1.82, 2.24) is 10.3 Å².